The van der Waals surface area contributed by atoms with Gasteiger partial charge < -0.3 is 15.5 Å². The molecule has 1 aromatic rings. The number of carbonyl (C=O) groups is 1. The van der Waals surface area contributed by atoms with Crippen LogP contribution >= 0.6 is 0 Å². The Bertz CT molecular complexity index is 428. The van der Waals surface area contributed by atoms with Gasteiger partial charge in [0.25, 0.3) is 0 Å². The predicted molar refractivity (Wildman–Crippen MR) is 86.5 cm³/mol. The van der Waals surface area contributed by atoms with Crippen LogP contribution in [0.15, 0.2) is 18.2 Å². The van der Waals surface area contributed by atoms with Gasteiger partial charge in [0.15, 0.2) is 0 Å². The Morgan fingerprint density at radius 2 is 1.90 bits per heavy atom. The molecule has 112 valence electrons. The molecule has 0 aliphatic heterocycles. The van der Waals surface area contributed by atoms with Crippen LogP contribution < -0.4 is 15.5 Å². The van der Waals surface area contributed by atoms with E-state index in [1.165, 1.54) is 5.69 Å². The van der Waals surface area contributed by atoms with Crippen molar-refractivity contribution in [2.24, 2.45) is 0 Å². The molecule has 4 heteroatoms. The average molecular weight is 277 g/mol. The van der Waals surface area contributed by atoms with Crippen molar-refractivity contribution < 1.29 is 4.79 Å². The summed E-state index contributed by atoms with van der Waals surface area (Å²) in [4.78, 5) is 14.1. The van der Waals surface area contributed by atoms with Gasteiger partial charge in [-0.3, -0.25) is 4.79 Å². The van der Waals surface area contributed by atoms with Crippen molar-refractivity contribution in [1.82, 2.24) is 5.32 Å². The first kappa shape index (κ1) is 16.5. The highest BCUT2D eigenvalue weighted by molar-refractivity contribution is 5.93. The third kappa shape index (κ3) is 4.85. The Balaban J connectivity index is 2.66. The fourth-order valence-corrected chi connectivity index (χ4v) is 2.15. The van der Waals surface area contributed by atoms with Crippen molar-refractivity contribution >= 4 is 17.3 Å². The van der Waals surface area contributed by atoms with Crippen LogP contribution in [0.4, 0.5) is 11.4 Å². The zero-order valence-electron chi connectivity index (χ0n) is 13.1. The summed E-state index contributed by atoms with van der Waals surface area (Å²) in [5, 5.41) is 6.05. The third-order valence-electron chi connectivity index (χ3n) is 3.33. The number of benzene rings is 1. The van der Waals surface area contributed by atoms with E-state index in [9.17, 15) is 4.79 Å². The minimum atomic E-state index is 0.0112. The SMILES string of the molecule is CCCNCC(=O)Nc1ccc(N(CC)CC)cc1C. The molecule has 0 heterocycles. The van der Waals surface area contributed by atoms with Crippen LogP contribution in [0.5, 0.6) is 0 Å². The molecule has 0 atom stereocenters. The third-order valence-corrected chi connectivity index (χ3v) is 3.33. The lowest BCUT2D eigenvalue weighted by atomic mass is 10.1. The Morgan fingerprint density at radius 1 is 1.20 bits per heavy atom. The predicted octanol–water partition coefficient (Wildman–Crippen LogP) is 2.78. The molecule has 4 nitrogen and oxygen atoms in total. The number of nitrogens with one attached hydrogen (secondary N) is 2. The Morgan fingerprint density at radius 3 is 2.45 bits per heavy atom. The minimum Gasteiger partial charge on any atom is -0.372 e. The molecule has 0 aromatic heterocycles. The van der Waals surface area contributed by atoms with Gasteiger partial charge in [0.1, 0.15) is 0 Å². The lowest BCUT2D eigenvalue weighted by molar-refractivity contribution is -0.115. The van der Waals surface area contributed by atoms with Gasteiger partial charge in [-0.1, -0.05) is 6.92 Å². The van der Waals surface area contributed by atoms with E-state index in [0.29, 0.717) is 6.54 Å². The second-order valence-corrected chi connectivity index (χ2v) is 4.90. The largest absolute Gasteiger partial charge is 0.372 e. The second-order valence-electron chi connectivity index (χ2n) is 4.90. The molecule has 20 heavy (non-hydrogen) atoms. The number of carbonyl (C=O) groups excluding carboxylic acids is 1. The van der Waals surface area contributed by atoms with Gasteiger partial charge in [-0.05, 0) is 57.5 Å². The van der Waals surface area contributed by atoms with E-state index >= 15 is 0 Å². The van der Waals surface area contributed by atoms with E-state index in [0.717, 1.165) is 37.3 Å². The van der Waals surface area contributed by atoms with Gasteiger partial charge in [-0.15, -0.1) is 0 Å². The summed E-state index contributed by atoms with van der Waals surface area (Å²) in [5.41, 5.74) is 3.19. The summed E-state index contributed by atoms with van der Waals surface area (Å²) >= 11 is 0. The van der Waals surface area contributed by atoms with Gasteiger partial charge in [-0.2, -0.15) is 0 Å². The number of rotatable bonds is 8. The highest BCUT2D eigenvalue weighted by atomic mass is 16.1. The molecule has 0 saturated carbocycles. The van der Waals surface area contributed by atoms with E-state index in [4.69, 9.17) is 0 Å². The maximum Gasteiger partial charge on any atom is 0.238 e. The maximum absolute atomic E-state index is 11.8. The van der Waals surface area contributed by atoms with Crippen molar-refractivity contribution in [3.8, 4) is 0 Å². The summed E-state index contributed by atoms with van der Waals surface area (Å²) in [6.07, 6.45) is 1.03. The number of nitrogens with zero attached hydrogens (tertiary/aromatic N) is 1. The Hall–Kier alpha value is -1.55. The van der Waals surface area contributed by atoms with Gasteiger partial charge in [0.2, 0.25) is 5.91 Å². The zero-order valence-corrected chi connectivity index (χ0v) is 13.1. The number of hydrogen-bond acceptors (Lipinski definition) is 3. The summed E-state index contributed by atoms with van der Waals surface area (Å²) < 4.78 is 0. The summed E-state index contributed by atoms with van der Waals surface area (Å²) in [5.74, 6) is 0.0112. The van der Waals surface area contributed by atoms with Gasteiger partial charge >= 0.3 is 0 Å². The molecule has 0 spiro atoms. The van der Waals surface area contributed by atoms with Gasteiger partial charge in [0, 0.05) is 24.5 Å². The van der Waals surface area contributed by atoms with E-state index in [2.05, 4.69) is 48.4 Å². The molecule has 2 N–H and O–H groups in total. The van der Waals surface area contributed by atoms with Crippen molar-refractivity contribution in [1.29, 1.82) is 0 Å². The highest BCUT2D eigenvalue weighted by Crippen LogP contribution is 2.22. The van der Waals surface area contributed by atoms with E-state index < -0.39 is 0 Å². The summed E-state index contributed by atoms with van der Waals surface area (Å²) in [6, 6.07) is 6.18. The Labute approximate surface area is 122 Å². The van der Waals surface area contributed by atoms with E-state index in [1.54, 1.807) is 0 Å². The van der Waals surface area contributed by atoms with Crippen LogP contribution in [0.25, 0.3) is 0 Å². The fourth-order valence-electron chi connectivity index (χ4n) is 2.15. The zero-order chi connectivity index (χ0) is 15.0. The number of hydrogen-bond donors (Lipinski definition) is 2. The molecule has 0 unspecified atom stereocenters. The molecule has 0 radical (unpaired) electrons. The molecular formula is C16H27N3O. The smallest absolute Gasteiger partial charge is 0.238 e. The summed E-state index contributed by atoms with van der Waals surface area (Å²) in [7, 11) is 0. The number of aryl methyl sites for hydroxylation is 1. The standard InChI is InChI=1S/C16H27N3O/c1-5-10-17-12-16(20)18-15-9-8-14(11-13(15)4)19(6-2)7-3/h8-9,11,17H,5-7,10,12H2,1-4H3,(H,18,20). The van der Waals surface area contributed by atoms with E-state index in [-0.39, 0.29) is 5.91 Å². The van der Waals surface area contributed by atoms with Gasteiger partial charge in [-0.25, -0.2) is 0 Å². The van der Waals surface area contributed by atoms with Gasteiger partial charge in [0.05, 0.1) is 6.54 Å². The average Bonchev–Trinajstić information content (AvgIpc) is 2.43. The molecular weight excluding hydrogens is 250 g/mol. The molecule has 0 saturated heterocycles. The van der Waals surface area contributed by atoms with Crippen LogP contribution in [-0.2, 0) is 4.79 Å². The molecule has 1 aromatic carbocycles. The van der Waals surface area contributed by atoms with E-state index in [1.807, 2.05) is 13.0 Å². The quantitative estimate of drug-likeness (QED) is 0.718. The lowest BCUT2D eigenvalue weighted by Gasteiger charge is -2.22. The van der Waals surface area contributed by atoms with Crippen LogP contribution in [0.2, 0.25) is 0 Å². The minimum absolute atomic E-state index is 0.0112. The van der Waals surface area contributed by atoms with Crippen LogP contribution in [0.1, 0.15) is 32.8 Å². The molecule has 1 amide bonds. The first-order valence-electron chi connectivity index (χ1n) is 7.48. The fraction of sp³-hybridized carbons (Fsp3) is 0.562. The van der Waals surface area contributed by atoms with Crippen molar-refractivity contribution in [3.05, 3.63) is 23.8 Å². The van der Waals surface area contributed by atoms with Crippen LogP contribution in [0.3, 0.4) is 0 Å². The first-order chi connectivity index (χ1) is 9.62. The normalized spacial score (nSPS) is 10.4. The molecule has 1 rings (SSSR count). The first-order valence-corrected chi connectivity index (χ1v) is 7.48. The monoisotopic (exact) mass is 277 g/mol. The maximum atomic E-state index is 11.8. The highest BCUT2D eigenvalue weighted by Gasteiger charge is 2.07. The second kappa shape index (κ2) is 8.59. The number of amides is 1. The Kier molecular flexibility index (Phi) is 7.09. The van der Waals surface area contributed by atoms with Crippen LogP contribution in [0, 0.1) is 6.92 Å². The molecule has 0 aliphatic carbocycles. The number of anilines is 2. The molecule has 0 bridgehead atoms. The van der Waals surface area contributed by atoms with Crippen molar-refractivity contribution in [2.75, 3.05) is 36.4 Å². The summed E-state index contributed by atoms with van der Waals surface area (Å²) in [6.45, 7) is 11.6. The molecule has 0 aliphatic rings. The lowest BCUT2D eigenvalue weighted by Crippen LogP contribution is -2.28. The van der Waals surface area contributed by atoms with Crippen molar-refractivity contribution in [2.45, 2.75) is 34.1 Å². The molecule has 0 fully saturated rings. The van der Waals surface area contributed by atoms with Crippen molar-refractivity contribution in [3.63, 3.8) is 0 Å². The van der Waals surface area contributed by atoms with Crippen LogP contribution in [-0.4, -0.2) is 32.1 Å². The topological polar surface area (TPSA) is 44.4 Å².